The van der Waals surface area contributed by atoms with Gasteiger partial charge in [-0.05, 0) is 30.2 Å². The molecule has 2 aromatic rings. The molecule has 0 atom stereocenters. The van der Waals surface area contributed by atoms with Crippen molar-refractivity contribution in [1.29, 1.82) is 0 Å². The molecule has 0 bridgehead atoms. The SMILES string of the molecule is CCc1ccccc1NC(=O)c1ccccc1F. The second kappa shape index (κ2) is 5.45. The van der Waals surface area contributed by atoms with E-state index in [-0.39, 0.29) is 5.56 Å². The summed E-state index contributed by atoms with van der Waals surface area (Å²) in [4.78, 5) is 12.0. The lowest BCUT2D eigenvalue weighted by molar-refractivity contribution is 0.102. The normalized spacial score (nSPS) is 10.1. The van der Waals surface area contributed by atoms with E-state index < -0.39 is 11.7 Å². The molecule has 92 valence electrons. The zero-order chi connectivity index (χ0) is 13.0. The third kappa shape index (κ3) is 2.56. The van der Waals surface area contributed by atoms with Gasteiger partial charge in [-0.25, -0.2) is 4.39 Å². The first-order valence-corrected chi connectivity index (χ1v) is 5.86. The lowest BCUT2D eigenvalue weighted by Crippen LogP contribution is -2.14. The molecule has 0 saturated carbocycles. The number of para-hydroxylation sites is 1. The lowest BCUT2D eigenvalue weighted by atomic mass is 10.1. The van der Waals surface area contributed by atoms with Crippen LogP contribution in [0, 0.1) is 5.82 Å². The molecule has 0 aromatic heterocycles. The maximum Gasteiger partial charge on any atom is 0.258 e. The van der Waals surface area contributed by atoms with E-state index in [0.717, 1.165) is 17.7 Å². The van der Waals surface area contributed by atoms with Gasteiger partial charge in [0.25, 0.3) is 5.91 Å². The molecule has 0 unspecified atom stereocenters. The number of amides is 1. The highest BCUT2D eigenvalue weighted by Crippen LogP contribution is 2.17. The maximum atomic E-state index is 13.5. The molecule has 18 heavy (non-hydrogen) atoms. The molecule has 2 nitrogen and oxygen atoms in total. The highest BCUT2D eigenvalue weighted by atomic mass is 19.1. The van der Waals surface area contributed by atoms with Crippen molar-refractivity contribution < 1.29 is 9.18 Å². The van der Waals surface area contributed by atoms with E-state index in [1.54, 1.807) is 12.1 Å². The van der Waals surface area contributed by atoms with Crippen LogP contribution in [0.15, 0.2) is 48.5 Å². The number of benzene rings is 2. The van der Waals surface area contributed by atoms with Gasteiger partial charge in [-0.3, -0.25) is 4.79 Å². The van der Waals surface area contributed by atoms with E-state index in [1.807, 2.05) is 31.2 Å². The van der Waals surface area contributed by atoms with Crippen LogP contribution in [0.4, 0.5) is 10.1 Å². The first kappa shape index (κ1) is 12.3. The smallest absolute Gasteiger partial charge is 0.258 e. The van der Waals surface area contributed by atoms with Gasteiger partial charge in [-0.2, -0.15) is 0 Å². The molecule has 0 saturated heterocycles. The van der Waals surface area contributed by atoms with Crippen LogP contribution < -0.4 is 5.32 Å². The number of nitrogens with one attached hydrogen (secondary N) is 1. The van der Waals surface area contributed by atoms with Crippen molar-refractivity contribution in [3.8, 4) is 0 Å². The van der Waals surface area contributed by atoms with Crippen LogP contribution in [0.3, 0.4) is 0 Å². The molecular weight excluding hydrogens is 229 g/mol. The van der Waals surface area contributed by atoms with Crippen molar-refractivity contribution in [3.05, 3.63) is 65.5 Å². The minimum atomic E-state index is -0.510. The fourth-order valence-electron chi connectivity index (χ4n) is 1.79. The van der Waals surface area contributed by atoms with Crippen LogP contribution in [0.5, 0.6) is 0 Å². The second-order valence-corrected chi connectivity index (χ2v) is 3.94. The van der Waals surface area contributed by atoms with Crippen molar-refractivity contribution in [1.82, 2.24) is 0 Å². The van der Waals surface area contributed by atoms with Gasteiger partial charge in [0, 0.05) is 5.69 Å². The molecule has 0 aliphatic heterocycles. The maximum absolute atomic E-state index is 13.5. The molecule has 0 fully saturated rings. The Kier molecular flexibility index (Phi) is 3.72. The second-order valence-electron chi connectivity index (χ2n) is 3.94. The van der Waals surface area contributed by atoms with Crippen LogP contribution in [-0.2, 0) is 6.42 Å². The predicted molar refractivity (Wildman–Crippen MR) is 70.2 cm³/mol. The van der Waals surface area contributed by atoms with Crippen LogP contribution in [0.1, 0.15) is 22.8 Å². The van der Waals surface area contributed by atoms with Crippen molar-refractivity contribution in [3.63, 3.8) is 0 Å². The Morgan fingerprint density at radius 1 is 1.11 bits per heavy atom. The van der Waals surface area contributed by atoms with Crippen LogP contribution >= 0.6 is 0 Å². The van der Waals surface area contributed by atoms with E-state index in [4.69, 9.17) is 0 Å². The Balaban J connectivity index is 2.24. The lowest BCUT2D eigenvalue weighted by Gasteiger charge is -2.09. The first-order valence-electron chi connectivity index (χ1n) is 5.86. The van der Waals surface area contributed by atoms with E-state index in [0.29, 0.717) is 0 Å². The van der Waals surface area contributed by atoms with Crippen molar-refractivity contribution in [2.24, 2.45) is 0 Å². The molecule has 0 radical (unpaired) electrons. The zero-order valence-corrected chi connectivity index (χ0v) is 10.1. The quantitative estimate of drug-likeness (QED) is 0.876. The van der Waals surface area contributed by atoms with Gasteiger partial charge in [0.15, 0.2) is 0 Å². The first-order chi connectivity index (χ1) is 8.72. The van der Waals surface area contributed by atoms with Gasteiger partial charge in [0.05, 0.1) is 5.56 Å². The molecule has 2 aromatic carbocycles. The number of hydrogen-bond acceptors (Lipinski definition) is 1. The molecule has 0 heterocycles. The molecule has 0 spiro atoms. The van der Waals surface area contributed by atoms with Crippen LogP contribution in [0.25, 0.3) is 0 Å². The average molecular weight is 243 g/mol. The highest BCUT2D eigenvalue weighted by Gasteiger charge is 2.11. The minimum absolute atomic E-state index is 0.0587. The predicted octanol–water partition coefficient (Wildman–Crippen LogP) is 3.64. The monoisotopic (exact) mass is 243 g/mol. The van der Waals surface area contributed by atoms with Gasteiger partial charge in [0.2, 0.25) is 0 Å². The fourth-order valence-corrected chi connectivity index (χ4v) is 1.79. The van der Waals surface area contributed by atoms with E-state index in [1.165, 1.54) is 12.1 Å². The number of hydrogen-bond donors (Lipinski definition) is 1. The molecule has 1 amide bonds. The number of carbonyl (C=O) groups is 1. The fraction of sp³-hybridized carbons (Fsp3) is 0.133. The van der Waals surface area contributed by atoms with Gasteiger partial charge in [-0.15, -0.1) is 0 Å². The largest absolute Gasteiger partial charge is 0.322 e. The van der Waals surface area contributed by atoms with E-state index >= 15 is 0 Å². The Bertz CT molecular complexity index is 566. The van der Waals surface area contributed by atoms with E-state index in [9.17, 15) is 9.18 Å². The number of halogens is 1. The third-order valence-corrected chi connectivity index (χ3v) is 2.76. The summed E-state index contributed by atoms with van der Waals surface area (Å²) in [5.74, 6) is -0.932. The van der Waals surface area contributed by atoms with E-state index in [2.05, 4.69) is 5.32 Å². The summed E-state index contributed by atoms with van der Waals surface area (Å²) < 4.78 is 13.5. The van der Waals surface area contributed by atoms with Crippen molar-refractivity contribution in [2.75, 3.05) is 5.32 Å². The third-order valence-electron chi connectivity index (χ3n) is 2.76. The highest BCUT2D eigenvalue weighted by molar-refractivity contribution is 6.04. The summed E-state index contributed by atoms with van der Waals surface area (Å²) in [6.45, 7) is 2.01. The zero-order valence-electron chi connectivity index (χ0n) is 10.1. The molecule has 0 aliphatic carbocycles. The topological polar surface area (TPSA) is 29.1 Å². The number of rotatable bonds is 3. The molecular formula is C15H14FNO. The standard InChI is InChI=1S/C15H14FNO/c1-2-11-7-3-6-10-14(11)17-15(18)12-8-4-5-9-13(12)16/h3-10H,2H2,1H3,(H,17,18). The number of carbonyl (C=O) groups excluding carboxylic acids is 1. The number of anilines is 1. The Labute approximate surface area is 105 Å². The summed E-state index contributed by atoms with van der Waals surface area (Å²) in [5, 5.41) is 2.74. The molecule has 1 N–H and O–H groups in total. The minimum Gasteiger partial charge on any atom is -0.322 e. The van der Waals surface area contributed by atoms with Crippen molar-refractivity contribution >= 4 is 11.6 Å². The molecule has 2 rings (SSSR count). The van der Waals surface area contributed by atoms with Gasteiger partial charge < -0.3 is 5.32 Å². The number of aryl methyl sites for hydroxylation is 1. The van der Waals surface area contributed by atoms with Gasteiger partial charge in [-0.1, -0.05) is 37.3 Å². The Morgan fingerprint density at radius 2 is 1.78 bits per heavy atom. The Hall–Kier alpha value is -2.16. The summed E-state index contributed by atoms with van der Waals surface area (Å²) >= 11 is 0. The molecule has 3 heteroatoms. The average Bonchev–Trinajstić information content (AvgIpc) is 2.39. The van der Waals surface area contributed by atoms with Gasteiger partial charge in [0.1, 0.15) is 5.82 Å². The van der Waals surface area contributed by atoms with Crippen molar-refractivity contribution in [2.45, 2.75) is 13.3 Å². The summed E-state index contributed by atoms with van der Waals surface area (Å²) in [6, 6.07) is 13.5. The summed E-state index contributed by atoms with van der Waals surface area (Å²) in [5.41, 5.74) is 1.82. The summed E-state index contributed by atoms with van der Waals surface area (Å²) in [6.07, 6.45) is 0.813. The molecule has 0 aliphatic rings. The van der Waals surface area contributed by atoms with Crippen LogP contribution in [0.2, 0.25) is 0 Å². The summed E-state index contributed by atoms with van der Waals surface area (Å²) in [7, 11) is 0. The van der Waals surface area contributed by atoms with Gasteiger partial charge >= 0.3 is 0 Å². The van der Waals surface area contributed by atoms with Crippen LogP contribution in [-0.4, -0.2) is 5.91 Å². The Morgan fingerprint density at radius 3 is 2.50 bits per heavy atom.